The fourth-order valence-corrected chi connectivity index (χ4v) is 9.50. The molecular formula is C40H55NO4. The fraction of sp³-hybridized carbons (Fsp3) is 0.650. The third-order valence-corrected chi connectivity index (χ3v) is 12.8. The Morgan fingerprint density at radius 1 is 1.04 bits per heavy atom. The number of allylic oxidation sites excluding steroid dienone is 4. The van der Waals surface area contributed by atoms with E-state index in [-0.39, 0.29) is 52.4 Å². The number of hydrogen-bond acceptors (Lipinski definition) is 5. The molecule has 0 saturated heterocycles. The Labute approximate surface area is 271 Å². The summed E-state index contributed by atoms with van der Waals surface area (Å²) >= 11 is 0. The van der Waals surface area contributed by atoms with Crippen molar-refractivity contribution in [2.75, 3.05) is 0 Å². The Balaban J connectivity index is 1.71. The second-order valence-corrected chi connectivity index (χ2v) is 17.0. The Kier molecular flexibility index (Phi) is 9.28. The molecule has 244 valence electrons. The first-order valence-corrected chi connectivity index (χ1v) is 16.9. The summed E-state index contributed by atoms with van der Waals surface area (Å²) in [5.74, 6) is -0.0919. The Hall–Kier alpha value is -3.00. The van der Waals surface area contributed by atoms with Crippen molar-refractivity contribution in [2.24, 2.45) is 44.3 Å². The molecule has 0 radical (unpaired) electrons. The lowest BCUT2D eigenvalue weighted by molar-refractivity contribution is -0.167. The standard InChI is InChI=1S/C40H55NO4/c1-27-23-35(3,4)18-20-40(27,34(44)45-26-29-14-12-11-13-15-29)21-19-36(5,6)39(10)17-16-31-37(7,8)33(43)30(25-41)24-38(31,9)32(39)22-28(2)42/h11-15,22,24,27,31H,16-21,23,26H2,1-10H3/b32-22-/t27?,31?,38-,39+,40-/m0/s1. The number of ketones is 2. The highest BCUT2D eigenvalue weighted by Crippen LogP contribution is 2.67. The van der Waals surface area contributed by atoms with E-state index in [1.54, 1.807) is 13.0 Å². The first-order chi connectivity index (χ1) is 20.8. The number of carbonyl (C=O) groups is 3. The van der Waals surface area contributed by atoms with E-state index in [9.17, 15) is 19.6 Å². The molecule has 1 aromatic rings. The van der Waals surface area contributed by atoms with E-state index in [2.05, 4.69) is 54.5 Å². The molecule has 2 unspecified atom stereocenters. The zero-order valence-electron chi connectivity index (χ0n) is 29.4. The number of hydrogen-bond donors (Lipinski definition) is 0. The minimum absolute atomic E-state index is 0.0241. The van der Waals surface area contributed by atoms with Gasteiger partial charge in [0.05, 0.1) is 11.0 Å². The Morgan fingerprint density at radius 2 is 1.69 bits per heavy atom. The van der Waals surface area contributed by atoms with Gasteiger partial charge in [-0.25, -0.2) is 0 Å². The molecule has 0 N–H and O–H groups in total. The summed E-state index contributed by atoms with van der Waals surface area (Å²) in [5.41, 5.74) is -0.261. The lowest BCUT2D eigenvalue weighted by Gasteiger charge is -2.61. The van der Waals surface area contributed by atoms with Crippen LogP contribution in [-0.4, -0.2) is 17.5 Å². The topological polar surface area (TPSA) is 84.2 Å². The predicted molar refractivity (Wildman–Crippen MR) is 179 cm³/mol. The second-order valence-electron chi connectivity index (χ2n) is 17.0. The van der Waals surface area contributed by atoms with Crippen molar-refractivity contribution < 1.29 is 19.1 Å². The minimum Gasteiger partial charge on any atom is -0.460 e. The predicted octanol–water partition coefficient (Wildman–Crippen LogP) is 9.37. The second kappa shape index (κ2) is 12.0. The van der Waals surface area contributed by atoms with E-state index in [1.807, 2.05) is 50.3 Å². The molecule has 2 fully saturated rings. The quantitative estimate of drug-likeness (QED) is 0.215. The summed E-state index contributed by atoms with van der Waals surface area (Å²) in [6.45, 7) is 21.5. The van der Waals surface area contributed by atoms with E-state index in [1.165, 1.54) is 0 Å². The van der Waals surface area contributed by atoms with Crippen molar-refractivity contribution in [2.45, 2.75) is 121 Å². The van der Waals surface area contributed by atoms with Crippen molar-refractivity contribution in [3.8, 4) is 6.07 Å². The van der Waals surface area contributed by atoms with Crippen molar-refractivity contribution >= 4 is 17.5 Å². The summed E-state index contributed by atoms with van der Waals surface area (Å²) in [7, 11) is 0. The van der Waals surface area contributed by atoms with Crippen LogP contribution in [0.2, 0.25) is 0 Å². The van der Waals surface area contributed by atoms with Crippen LogP contribution in [0.3, 0.4) is 0 Å². The molecule has 1 aromatic carbocycles. The molecule has 4 rings (SSSR count). The zero-order valence-corrected chi connectivity index (χ0v) is 29.4. The first kappa shape index (κ1) is 34.9. The lowest BCUT2D eigenvalue weighted by atomic mass is 9.42. The summed E-state index contributed by atoms with van der Waals surface area (Å²) in [6, 6.07) is 12.1. The van der Waals surface area contributed by atoms with Crippen LogP contribution in [0.4, 0.5) is 0 Å². The van der Waals surface area contributed by atoms with Gasteiger partial charge in [-0.3, -0.25) is 14.4 Å². The van der Waals surface area contributed by atoms with E-state index in [0.29, 0.717) is 6.42 Å². The molecule has 0 aromatic heterocycles. The summed E-state index contributed by atoms with van der Waals surface area (Å²) in [4.78, 5) is 40.4. The maximum absolute atomic E-state index is 14.2. The molecule has 0 amide bonds. The third-order valence-electron chi connectivity index (χ3n) is 12.8. The molecule has 45 heavy (non-hydrogen) atoms. The van der Waals surface area contributed by atoms with Gasteiger partial charge in [0.25, 0.3) is 0 Å². The van der Waals surface area contributed by atoms with Gasteiger partial charge in [-0.05, 0) is 91.6 Å². The van der Waals surface area contributed by atoms with Crippen LogP contribution in [0, 0.1) is 55.7 Å². The SMILES string of the molecule is CC(=O)/C=C1/[C@@]2(C)C=C(C#N)C(=O)C(C)(C)C2CC[C@@]1(C)C(C)(C)CC[C@@]1(C(=O)OCc2ccccc2)CCC(C)(C)CC1C. The van der Waals surface area contributed by atoms with Crippen molar-refractivity contribution in [1.29, 1.82) is 5.26 Å². The number of nitrogens with zero attached hydrogens (tertiary/aromatic N) is 1. The normalized spacial score (nSPS) is 33.5. The molecule has 3 aliphatic carbocycles. The van der Waals surface area contributed by atoms with Crippen LogP contribution < -0.4 is 0 Å². The van der Waals surface area contributed by atoms with E-state index in [0.717, 1.165) is 49.7 Å². The first-order valence-electron chi connectivity index (χ1n) is 16.9. The van der Waals surface area contributed by atoms with Crippen LogP contribution in [0.15, 0.2) is 53.6 Å². The van der Waals surface area contributed by atoms with E-state index < -0.39 is 21.7 Å². The number of carbonyl (C=O) groups excluding carboxylic acids is 3. The van der Waals surface area contributed by atoms with Gasteiger partial charge in [0.1, 0.15) is 12.7 Å². The van der Waals surface area contributed by atoms with Crippen molar-refractivity contribution in [3.05, 3.63) is 59.2 Å². The molecule has 5 nitrogen and oxygen atoms in total. The highest BCUT2D eigenvalue weighted by atomic mass is 16.5. The molecule has 2 saturated carbocycles. The number of rotatable bonds is 8. The molecular weight excluding hydrogens is 558 g/mol. The average Bonchev–Trinajstić information content (AvgIpc) is 2.95. The van der Waals surface area contributed by atoms with Gasteiger partial charge in [-0.15, -0.1) is 0 Å². The minimum atomic E-state index is -0.715. The largest absolute Gasteiger partial charge is 0.460 e. The van der Waals surface area contributed by atoms with Crippen molar-refractivity contribution in [1.82, 2.24) is 0 Å². The molecule has 0 heterocycles. The molecule has 0 aliphatic heterocycles. The maximum atomic E-state index is 14.2. The molecule has 5 heteroatoms. The van der Waals surface area contributed by atoms with E-state index in [4.69, 9.17) is 4.74 Å². The molecule has 0 bridgehead atoms. The van der Waals surface area contributed by atoms with Crippen LogP contribution in [0.5, 0.6) is 0 Å². The van der Waals surface area contributed by atoms with Gasteiger partial charge in [-0.1, -0.05) is 104 Å². The summed E-state index contributed by atoms with van der Waals surface area (Å²) < 4.78 is 6.10. The average molecular weight is 614 g/mol. The molecule has 5 atom stereocenters. The smallest absolute Gasteiger partial charge is 0.312 e. The highest BCUT2D eigenvalue weighted by Gasteiger charge is 2.61. The van der Waals surface area contributed by atoms with Crippen LogP contribution >= 0.6 is 0 Å². The lowest BCUT2D eigenvalue weighted by Crippen LogP contribution is -2.56. The number of nitriles is 1. The van der Waals surface area contributed by atoms with Gasteiger partial charge < -0.3 is 4.74 Å². The number of benzene rings is 1. The highest BCUT2D eigenvalue weighted by molar-refractivity contribution is 6.04. The van der Waals surface area contributed by atoms with Gasteiger partial charge in [0.2, 0.25) is 0 Å². The zero-order chi connectivity index (χ0) is 33.6. The maximum Gasteiger partial charge on any atom is 0.312 e. The van der Waals surface area contributed by atoms with Crippen molar-refractivity contribution in [3.63, 3.8) is 0 Å². The number of Topliss-reactive ketones (excluding diaryl/α,β-unsaturated/α-hetero) is 1. The Morgan fingerprint density at radius 3 is 2.27 bits per heavy atom. The summed E-state index contributed by atoms with van der Waals surface area (Å²) in [5, 5.41) is 9.97. The molecule has 0 spiro atoms. The monoisotopic (exact) mass is 613 g/mol. The van der Waals surface area contributed by atoms with Gasteiger partial charge in [0.15, 0.2) is 11.6 Å². The third kappa shape index (κ3) is 6.11. The van der Waals surface area contributed by atoms with Crippen LogP contribution in [0.25, 0.3) is 0 Å². The number of esters is 1. The summed E-state index contributed by atoms with van der Waals surface area (Å²) in [6.07, 6.45) is 9.50. The van der Waals surface area contributed by atoms with Gasteiger partial charge in [0, 0.05) is 10.8 Å². The number of fused-ring (bicyclic) bond motifs is 1. The van der Waals surface area contributed by atoms with E-state index >= 15 is 0 Å². The van der Waals surface area contributed by atoms with Gasteiger partial charge in [-0.2, -0.15) is 5.26 Å². The van der Waals surface area contributed by atoms with Crippen LogP contribution in [-0.2, 0) is 25.7 Å². The Bertz CT molecular complexity index is 1440. The molecule has 3 aliphatic rings. The van der Waals surface area contributed by atoms with Gasteiger partial charge >= 0.3 is 5.97 Å². The van der Waals surface area contributed by atoms with Crippen LogP contribution in [0.1, 0.15) is 120 Å². The number of ether oxygens (including phenoxy) is 1. The fourth-order valence-electron chi connectivity index (χ4n) is 9.50.